The third-order valence-corrected chi connectivity index (χ3v) is 15.3. The van der Waals surface area contributed by atoms with Crippen LogP contribution in [0.2, 0.25) is 0 Å². The summed E-state index contributed by atoms with van der Waals surface area (Å²) in [6.07, 6.45) is 8.37. The molecule has 5 aromatic rings. The van der Waals surface area contributed by atoms with Crippen LogP contribution < -0.4 is 21.2 Å². The summed E-state index contributed by atoms with van der Waals surface area (Å²) in [5, 5.41) is 15.5. The molecule has 5 aliphatic rings. The molecule has 3 saturated heterocycles. The number of nitrogens with one attached hydrogen (secondary N) is 2. The molecule has 0 spiro atoms. The van der Waals surface area contributed by atoms with Crippen LogP contribution in [-0.2, 0) is 52.7 Å². The molecule has 69 heavy (non-hydrogen) atoms. The van der Waals surface area contributed by atoms with Crippen LogP contribution in [0.4, 0.5) is 26.0 Å². The number of amides is 4. The van der Waals surface area contributed by atoms with E-state index >= 15 is 0 Å². The molecule has 0 radical (unpaired) electrons. The molecule has 3 aromatic heterocycles. The molecule has 17 nitrogen and oxygen atoms in total. The van der Waals surface area contributed by atoms with E-state index in [1.165, 1.54) is 4.57 Å². The summed E-state index contributed by atoms with van der Waals surface area (Å²) in [5.74, 6) is 0.636. The molecule has 0 saturated carbocycles. The van der Waals surface area contributed by atoms with Crippen LogP contribution >= 0.6 is 0 Å². The molecule has 1 atom stereocenters. The molecule has 0 aliphatic carbocycles. The third-order valence-electron chi connectivity index (χ3n) is 15.3. The van der Waals surface area contributed by atoms with E-state index in [4.69, 9.17) is 5.10 Å². The largest absolute Gasteiger partial charge is 0.385 e. The van der Waals surface area contributed by atoms with E-state index < -0.39 is 18.4 Å². The number of rotatable bonds is 12. The van der Waals surface area contributed by atoms with Crippen molar-refractivity contribution in [3.05, 3.63) is 75.6 Å². The van der Waals surface area contributed by atoms with E-state index in [-0.39, 0.29) is 41.4 Å². The first kappa shape index (κ1) is 46.4. The molecule has 2 N–H and O–H groups in total. The molecule has 10 rings (SSSR count). The Hall–Kier alpha value is -6.37. The second kappa shape index (κ2) is 19.2. The van der Waals surface area contributed by atoms with E-state index in [1.807, 2.05) is 34.1 Å². The predicted octanol–water partition coefficient (Wildman–Crippen LogP) is 5.61. The fourth-order valence-electron chi connectivity index (χ4n) is 11.4. The summed E-state index contributed by atoms with van der Waals surface area (Å²) in [4.78, 5) is 72.1. The van der Waals surface area contributed by atoms with Crippen LogP contribution in [0.15, 0.2) is 47.5 Å². The number of hydrogen-bond donors (Lipinski definition) is 2. The Morgan fingerprint density at radius 1 is 0.899 bits per heavy atom. The molecule has 19 heteroatoms. The fourth-order valence-corrected chi connectivity index (χ4v) is 11.4. The number of carbonyl (C=O) groups excluding carboxylic acids is 4. The van der Waals surface area contributed by atoms with Gasteiger partial charge in [0.25, 0.3) is 6.43 Å². The highest BCUT2D eigenvalue weighted by Crippen LogP contribution is 2.44. The van der Waals surface area contributed by atoms with Crippen molar-refractivity contribution in [3.8, 4) is 11.1 Å². The SMILES string of the molecule is CC(=O)N1CCc2c(c(N3CCCc4cc(-c5cnn(C)c5)c(C(F)F)cc43)nn2C2CCN(C(=O)CCCN3CCC(CNc4ccc5c(c4)n(C)c(=O)n5C4CCC(=O)NC4=O)CC3)CC2)C1. The number of anilines is 3. The standard InChI is InChI=1S/C50H62F2N12O5/c1-31(65)61-23-16-40-39(30-61)48(62-18-4-6-33-24-37(34-28-54-57(2)29-34)38(47(51)52)26-43(33)62)56-64(40)36-14-21-60(22-15-36)46(67)7-5-17-59-19-12-32(13-20-59)27-53-35-8-9-41-44(25-35)58(3)50(69)63(41)42-10-11-45(66)55-49(42)68/h8-9,24-26,28-29,32,36,42,47,53H,4-7,10-23,27,30H2,1-3H3,(H,55,66,68). The lowest BCUT2D eigenvalue weighted by Gasteiger charge is -2.34. The van der Waals surface area contributed by atoms with Crippen molar-refractivity contribution in [1.82, 2.24) is 48.7 Å². The number of carbonyl (C=O) groups is 4. The Bertz CT molecular complexity index is 2850. The lowest BCUT2D eigenvalue weighted by Crippen LogP contribution is -2.44. The number of imidazole rings is 1. The van der Waals surface area contributed by atoms with Gasteiger partial charge in [-0.2, -0.15) is 10.2 Å². The van der Waals surface area contributed by atoms with Crippen LogP contribution in [0.3, 0.4) is 0 Å². The first-order valence-electron chi connectivity index (χ1n) is 24.7. The fraction of sp³-hybridized carbons (Fsp3) is 0.540. The van der Waals surface area contributed by atoms with E-state index in [0.29, 0.717) is 74.5 Å². The number of hydrogen-bond acceptors (Lipinski definition) is 10. The van der Waals surface area contributed by atoms with Gasteiger partial charge in [-0.3, -0.25) is 43.0 Å². The zero-order valence-corrected chi connectivity index (χ0v) is 39.8. The maximum Gasteiger partial charge on any atom is 0.329 e. The minimum atomic E-state index is -2.68. The van der Waals surface area contributed by atoms with Gasteiger partial charge in [0.05, 0.1) is 29.8 Å². The highest BCUT2D eigenvalue weighted by Gasteiger charge is 2.36. The number of fused-ring (bicyclic) bond motifs is 3. The topological polar surface area (TPSA) is 168 Å². The van der Waals surface area contributed by atoms with Crippen molar-refractivity contribution in [1.29, 1.82) is 0 Å². The maximum absolute atomic E-state index is 14.7. The van der Waals surface area contributed by atoms with Gasteiger partial charge in [0.2, 0.25) is 23.6 Å². The van der Waals surface area contributed by atoms with Gasteiger partial charge in [-0.15, -0.1) is 0 Å². The zero-order valence-electron chi connectivity index (χ0n) is 39.8. The Kier molecular flexibility index (Phi) is 12.9. The summed E-state index contributed by atoms with van der Waals surface area (Å²) in [7, 11) is 3.48. The summed E-state index contributed by atoms with van der Waals surface area (Å²) in [6, 6.07) is 8.65. The molecule has 366 valence electrons. The lowest BCUT2D eigenvalue weighted by atomic mass is 9.92. The number of aryl methyl sites for hydroxylation is 3. The van der Waals surface area contributed by atoms with Gasteiger partial charge in [0, 0.05) is 113 Å². The molecule has 4 amide bonds. The van der Waals surface area contributed by atoms with Crippen molar-refractivity contribution in [2.45, 2.75) is 103 Å². The molecule has 2 aromatic carbocycles. The molecule has 8 heterocycles. The van der Waals surface area contributed by atoms with Gasteiger partial charge in [0.15, 0.2) is 5.82 Å². The van der Waals surface area contributed by atoms with Crippen molar-refractivity contribution < 1.29 is 28.0 Å². The second-order valence-corrected chi connectivity index (χ2v) is 19.7. The maximum atomic E-state index is 14.7. The highest BCUT2D eigenvalue weighted by atomic mass is 19.3. The summed E-state index contributed by atoms with van der Waals surface area (Å²) < 4.78 is 36.3. The number of nitrogens with zero attached hydrogens (tertiary/aromatic N) is 10. The van der Waals surface area contributed by atoms with Crippen molar-refractivity contribution in [3.63, 3.8) is 0 Å². The molecule has 5 aliphatic heterocycles. The Morgan fingerprint density at radius 2 is 1.70 bits per heavy atom. The van der Waals surface area contributed by atoms with E-state index in [1.54, 1.807) is 48.7 Å². The number of piperidine rings is 3. The van der Waals surface area contributed by atoms with Crippen LogP contribution in [0.25, 0.3) is 22.2 Å². The van der Waals surface area contributed by atoms with Crippen LogP contribution in [0.1, 0.15) is 106 Å². The summed E-state index contributed by atoms with van der Waals surface area (Å²) in [5.41, 5.74) is 6.92. The number of alkyl halides is 2. The number of aromatic nitrogens is 6. The minimum Gasteiger partial charge on any atom is -0.385 e. The van der Waals surface area contributed by atoms with E-state index in [2.05, 4.69) is 30.2 Å². The van der Waals surface area contributed by atoms with Crippen molar-refractivity contribution >= 4 is 51.9 Å². The Balaban J connectivity index is 0.723. The van der Waals surface area contributed by atoms with Gasteiger partial charge >= 0.3 is 5.69 Å². The van der Waals surface area contributed by atoms with Crippen molar-refractivity contribution in [2.75, 3.05) is 62.6 Å². The van der Waals surface area contributed by atoms with Crippen molar-refractivity contribution in [2.24, 2.45) is 20.0 Å². The van der Waals surface area contributed by atoms with Crippen LogP contribution in [0.5, 0.6) is 0 Å². The number of likely N-dealkylation sites (tertiary alicyclic amines) is 2. The van der Waals surface area contributed by atoms with E-state index in [0.717, 1.165) is 111 Å². The third kappa shape index (κ3) is 9.17. The van der Waals surface area contributed by atoms with E-state index in [9.17, 15) is 32.8 Å². The minimum absolute atomic E-state index is 0.00551. The van der Waals surface area contributed by atoms with Crippen LogP contribution in [-0.4, -0.2) is 119 Å². The first-order chi connectivity index (χ1) is 33.3. The zero-order chi connectivity index (χ0) is 48.1. The van der Waals surface area contributed by atoms with Gasteiger partial charge in [0.1, 0.15) is 6.04 Å². The van der Waals surface area contributed by atoms with Gasteiger partial charge in [-0.05, 0) is 118 Å². The molecular weight excluding hydrogens is 887 g/mol. The predicted molar refractivity (Wildman–Crippen MR) is 256 cm³/mol. The molecule has 0 bridgehead atoms. The average molecular weight is 949 g/mol. The Labute approximate surface area is 399 Å². The van der Waals surface area contributed by atoms with Gasteiger partial charge < -0.3 is 24.9 Å². The second-order valence-electron chi connectivity index (χ2n) is 19.7. The number of halogens is 2. The first-order valence-corrected chi connectivity index (χ1v) is 24.7. The summed E-state index contributed by atoms with van der Waals surface area (Å²) in [6.45, 7) is 8.12. The monoisotopic (exact) mass is 948 g/mol. The van der Waals surface area contributed by atoms with Gasteiger partial charge in [-0.1, -0.05) is 0 Å². The highest BCUT2D eigenvalue weighted by molar-refractivity contribution is 6.00. The Morgan fingerprint density at radius 3 is 2.42 bits per heavy atom. The smallest absolute Gasteiger partial charge is 0.329 e. The average Bonchev–Trinajstić information content (AvgIpc) is 4.03. The van der Waals surface area contributed by atoms with Crippen LogP contribution in [0, 0.1) is 5.92 Å². The molecule has 3 fully saturated rings. The number of benzene rings is 2. The summed E-state index contributed by atoms with van der Waals surface area (Å²) >= 11 is 0. The quantitative estimate of drug-likeness (QED) is 0.150. The molecular formula is C50H62F2N12O5. The number of imide groups is 1. The molecule has 1 unspecified atom stereocenters. The lowest BCUT2D eigenvalue weighted by molar-refractivity contribution is -0.136. The van der Waals surface area contributed by atoms with Gasteiger partial charge in [-0.25, -0.2) is 13.6 Å². The normalized spacial score (nSPS) is 19.6.